The van der Waals surface area contributed by atoms with E-state index >= 15 is 0 Å². The van der Waals surface area contributed by atoms with E-state index in [0.29, 0.717) is 0 Å². The zero-order valence-corrected chi connectivity index (χ0v) is 10.0. The summed E-state index contributed by atoms with van der Waals surface area (Å²) in [4.78, 5) is 4.36. The van der Waals surface area contributed by atoms with Gasteiger partial charge >= 0.3 is 0 Å². The molecule has 1 aromatic heterocycles. The first-order valence-electron chi connectivity index (χ1n) is 6.09. The van der Waals surface area contributed by atoms with Crippen molar-refractivity contribution in [3.8, 4) is 0 Å². The predicted molar refractivity (Wildman–Crippen MR) is 72.0 cm³/mol. The van der Waals surface area contributed by atoms with Crippen molar-refractivity contribution in [3.05, 3.63) is 30.5 Å². The van der Waals surface area contributed by atoms with Gasteiger partial charge in [-0.1, -0.05) is 0 Å². The normalized spacial score (nSPS) is 17.7. The van der Waals surface area contributed by atoms with E-state index in [9.17, 15) is 0 Å². The predicted octanol–water partition coefficient (Wildman–Crippen LogP) is 3.17. The SMILES string of the molecule is CC1(Nc2ccnc3cc(N)ccc23)CCC1. The molecule has 0 aliphatic heterocycles. The van der Waals surface area contributed by atoms with Crippen LogP contribution in [0.25, 0.3) is 10.9 Å². The zero-order valence-electron chi connectivity index (χ0n) is 10.0. The number of rotatable bonds is 2. The van der Waals surface area contributed by atoms with Gasteiger partial charge in [-0.15, -0.1) is 0 Å². The first kappa shape index (κ1) is 10.4. The number of nitrogens with zero attached hydrogens (tertiary/aromatic N) is 1. The number of hydrogen-bond donors (Lipinski definition) is 2. The molecule has 0 radical (unpaired) electrons. The molecular weight excluding hydrogens is 210 g/mol. The van der Waals surface area contributed by atoms with Gasteiger partial charge in [0.05, 0.1) is 5.52 Å². The highest BCUT2D eigenvalue weighted by Gasteiger charge is 2.31. The zero-order chi connectivity index (χ0) is 11.9. The van der Waals surface area contributed by atoms with Crippen LogP contribution in [0.5, 0.6) is 0 Å². The minimum atomic E-state index is 0.260. The van der Waals surface area contributed by atoms with Crippen molar-refractivity contribution < 1.29 is 0 Å². The molecule has 1 aromatic carbocycles. The lowest BCUT2D eigenvalue weighted by molar-refractivity contribution is 0.307. The van der Waals surface area contributed by atoms with Crippen molar-refractivity contribution >= 4 is 22.3 Å². The van der Waals surface area contributed by atoms with Crippen LogP contribution in [0.4, 0.5) is 11.4 Å². The fourth-order valence-electron chi connectivity index (χ4n) is 2.43. The van der Waals surface area contributed by atoms with Gasteiger partial charge in [0.15, 0.2) is 0 Å². The third-order valence-corrected chi connectivity index (χ3v) is 3.66. The van der Waals surface area contributed by atoms with E-state index in [0.717, 1.165) is 22.3 Å². The van der Waals surface area contributed by atoms with E-state index in [4.69, 9.17) is 5.73 Å². The highest BCUT2D eigenvalue weighted by atomic mass is 15.0. The maximum absolute atomic E-state index is 5.78. The van der Waals surface area contributed by atoms with Gasteiger partial charge in [0.1, 0.15) is 0 Å². The van der Waals surface area contributed by atoms with Crippen molar-refractivity contribution in [2.45, 2.75) is 31.7 Å². The second-order valence-corrected chi connectivity index (χ2v) is 5.17. The maximum atomic E-state index is 5.78. The molecule has 1 heterocycles. The minimum absolute atomic E-state index is 0.260. The van der Waals surface area contributed by atoms with Crippen molar-refractivity contribution in [1.82, 2.24) is 4.98 Å². The molecule has 0 amide bonds. The summed E-state index contributed by atoms with van der Waals surface area (Å²) in [6.07, 6.45) is 5.64. The number of benzene rings is 1. The summed E-state index contributed by atoms with van der Waals surface area (Å²) in [7, 11) is 0. The summed E-state index contributed by atoms with van der Waals surface area (Å²) in [5, 5.41) is 4.78. The van der Waals surface area contributed by atoms with Crippen molar-refractivity contribution in [2.24, 2.45) is 0 Å². The Labute approximate surface area is 101 Å². The molecule has 0 spiro atoms. The first-order chi connectivity index (χ1) is 8.16. The number of nitrogen functional groups attached to an aromatic ring is 1. The molecule has 0 unspecified atom stereocenters. The van der Waals surface area contributed by atoms with Crippen LogP contribution < -0.4 is 11.1 Å². The number of nitrogens with one attached hydrogen (secondary N) is 1. The van der Waals surface area contributed by atoms with E-state index in [-0.39, 0.29) is 5.54 Å². The van der Waals surface area contributed by atoms with Crippen LogP contribution in [-0.4, -0.2) is 10.5 Å². The molecule has 3 rings (SSSR count). The number of nitrogens with two attached hydrogens (primary N) is 1. The van der Waals surface area contributed by atoms with E-state index in [2.05, 4.69) is 17.2 Å². The minimum Gasteiger partial charge on any atom is -0.399 e. The second-order valence-electron chi connectivity index (χ2n) is 5.17. The van der Waals surface area contributed by atoms with Gasteiger partial charge in [0, 0.05) is 28.5 Å². The molecule has 3 nitrogen and oxygen atoms in total. The van der Waals surface area contributed by atoms with Crippen LogP contribution >= 0.6 is 0 Å². The van der Waals surface area contributed by atoms with Crippen molar-refractivity contribution in [2.75, 3.05) is 11.1 Å². The van der Waals surface area contributed by atoms with Crippen LogP contribution in [-0.2, 0) is 0 Å². The summed E-state index contributed by atoms with van der Waals surface area (Å²) >= 11 is 0. The summed E-state index contributed by atoms with van der Waals surface area (Å²) in [5.41, 5.74) is 8.92. The molecule has 0 saturated heterocycles. The lowest BCUT2D eigenvalue weighted by Crippen LogP contribution is -2.41. The summed E-state index contributed by atoms with van der Waals surface area (Å²) < 4.78 is 0. The van der Waals surface area contributed by atoms with Gasteiger partial charge in [-0.05, 0) is 50.5 Å². The lowest BCUT2D eigenvalue weighted by atomic mass is 9.78. The maximum Gasteiger partial charge on any atom is 0.0743 e. The molecule has 3 heteroatoms. The highest BCUT2D eigenvalue weighted by molar-refractivity contribution is 5.92. The third-order valence-electron chi connectivity index (χ3n) is 3.66. The van der Waals surface area contributed by atoms with Crippen LogP contribution in [0, 0.1) is 0 Å². The average molecular weight is 227 g/mol. The average Bonchev–Trinajstić information content (AvgIpc) is 2.27. The molecule has 1 fully saturated rings. The van der Waals surface area contributed by atoms with Crippen LogP contribution in [0.15, 0.2) is 30.5 Å². The Morgan fingerprint density at radius 2 is 2.12 bits per heavy atom. The topological polar surface area (TPSA) is 50.9 Å². The summed E-state index contributed by atoms with van der Waals surface area (Å²) in [6, 6.07) is 7.94. The molecule has 1 aliphatic carbocycles. The largest absolute Gasteiger partial charge is 0.399 e. The number of fused-ring (bicyclic) bond motifs is 1. The smallest absolute Gasteiger partial charge is 0.0743 e. The fourth-order valence-corrected chi connectivity index (χ4v) is 2.43. The lowest BCUT2D eigenvalue weighted by Gasteiger charge is -2.40. The monoisotopic (exact) mass is 227 g/mol. The molecule has 2 aromatic rings. The first-order valence-corrected chi connectivity index (χ1v) is 6.09. The molecule has 0 bridgehead atoms. The molecule has 1 saturated carbocycles. The molecule has 0 atom stereocenters. The van der Waals surface area contributed by atoms with Gasteiger partial charge in [0.25, 0.3) is 0 Å². The molecule has 17 heavy (non-hydrogen) atoms. The fraction of sp³-hybridized carbons (Fsp3) is 0.357. The Morgan fingerprint density at radius 1 is 1.29 bits per heavy atom. The standard InChI is InChI=1S/C14H17N3/c1-14(6-2-7-14)17-12-5-8-16-13-9-10(15)3-4-11(12)13/h3-5,8-9H,2,6-7,15H2,1H3,(H,16,17). The Kier molecular flexibility index (Phi) is 2.21. The number of anilines is 2. The van der Waals surface area contributed by atoms with E-state index in [1.54, 1.807) is 0 Å². The number of hydrogen-bond acceptors (Lipinski definition) is 3. The van der Waals surface area contributed by atoms with Crippen LogP contribution in [0.2, 0.25) is 0 Å². The molecule has 1 aliphatic rings. The van der Waals surface area contributed by atoms with E-state index in [1.165, 1.54) is 19.3 Å². The number of aromatic nitrogens is 1. The van der Waals surface area contributed by atoms with E-state index in [1.807, 2.05) is 30.5 Å². The molecule has 88 valence electrons. The second kappa shape index (κ2) is 3.62. The van der Waals surface area contributed by atoms with E-state index < -0.39 is 0 Å². The Bertz CT molecular complexity index is 558. The highest BCUT2D eigenvalue weighted by Crippen LogP contribution is 2.36. The number of pyridine rings is 1. The third kappa shape index (κ3) is 1.82. The van der Waals surface area contributed by atoms with Gasteiger partial charge in [-0.25, -0.2) is 0 Å². The summed E-state index contributed by atoms with van der Waals surface area (Å²) in [5.74, 6) is 0. The van der Waals surface area contributed by atoms with Crippen LogP contribution in [0.3, 0.4) is 0 Å². The van der Waals surface area contributed by atoms with Crippen LogP contribution in [0.1, 0.15) is 26.2 Å². The molecule has 3 N–H and O–H groups in total. The molecular formula is C14H17N3. The quantitative estimate of drug-likeness (QED) is 0.775. The summed E-state index contributed by atoms with van der Waals surface area (Å²) in [6.45, 7) is 2.28. The van der Waals surface area contributed by atoms with Gasteiger partial charge < -0.3 is 11.1 Å². The van der Waals surface area contributed by atoms with Gasteiger partial charge in [-0.3, -0.25) is 4.98 Å². The van der Waals surface area contributed by atoms with Gasteiger partial charge in [-0.2, -0.15) is 0 Å². The van der Waals surface area contributed by atoms with Crippen molar-refractivity contribution in [3.63, 3.8) is 0 Å². The Balaban J connectivity index is 2.04. The Hall–Kier alpha value is -1.77. The Morgan fingerprint density at radius 3 is 2.82 bits per heavy atom. The van der Waals surface area contributed by atoms with Crippen molar-refractivity contribution in [1.29, 1.82) is 0 Å². The van der Waals surface area contributed by atoms with Gasteiger partial charge in [0.2, 0.25) is 0 Å².